The van der Waals surface area contributed by atoms with E-state index in [1.165, 1.54) is 11.2 Å². The largest absolute Gasteiger partial charge is 0.476 e. The lowest BCUT2D eigenvalue weighted by molar-refractivity contribution is -0.122. The van der Waals surface area contributed by atoms with E-state index >= 15 is 0 Å². The van der Waals surface area contributed by atoms with Crippen LogP contribution in [0.25, 0.3) is 0 Å². The van der Waals surface area contributed by atoms with Gasteiger partial charge in [0.1, 0.15) is 5.75 Å². The molecule has 0 fully saturated rings. The molecular weight excluding hydrogens is 368 g/mol. The van der Waals surface area contributed by atoms with Crippen molar-refractivity contribution in [2.24, 2.45) is 0 Å². The van der Waals surface area contributed by atoms with Crippen LogP contribution < -0.4 is 14.4 Å². The van der Waals surface area contributed by atoms with Crippen LogP contribution in [0.15, 0.2) is 48.5 Å². The summed E-state index contributed by atoms with van der Waals surface area (Å²) < 4.78 is 31.9. The van der Waals surface area contributed by atoms with Crippen LogP contribution in [0.4, 0.5) is 11.4 Å². The highest BCUT2D eigenvalue weighted by Gasteiger charge is 2.35. The molecule has 0 aliphatic carbocycles. The number of anilines is 2. The summed E-state index contributed by atoms with van der Waals surface area (Å²) in [5.41, 5.74) is 1.33. The second-order valence-electron chi connectivity index (χ2n) is 6.13. The summed E-state index contributed by atoms with van der Waals surface area (Å²) in [5, 5.41) is 2.69. The molecule has 1 atom stereocenters. The third-order valence-corrected chi connectivity index (χ3v) is 6.01. The molecule has 0 bridgehead atoms. The molecule has 7 nitrogen and oxygen atoms in total. The average molecular weight is 388 g/mol. The first kappa shape index (κ1) is 18.9. The highest BCUT2D eigenvalue weighted by atomic mass is 32.2. The van der Waals surface area contributed by atoms with Crippen molar-refractivity contribution >= 4 is 33.1 Å². The number of rotatable bonds is 5. The minimum Gasteiger partial charge on any atom is -0.476 e. The van der Waals surface area contributed by atoms with Gasteiger partial charge in [0.05, 0.1) is 18.0 Å². The number of amides is 1. The zero-order valence-electron chi connectivity index (χ0n) is 15.0. The van der Waals surface area contributed by atoms with Crippen molar-refractivity contribution in [3.63, 3.8) is 0 Å². The van der Waals surface area contributed by atoms with Crippen molar-refractivity contribution in [3.8, 4) is 5.75 Å². The summed E-state index contributed by atoms with van der Waals surface area (Å²) in [6.07, 6.45) is -1.01. The van der Waals surface area contributed by atoms with Crippen molar-refractivity contribution in [3.05, 3.63) is 54.1 Å². The standard InChI is InChI=1S/C19H20N2O5S/c1-3-27(24,25)21-12-18(26-17-10-5-4-9-16(17)21)19(23)20-15-8-6-7-14(11-15)13(2)22/h4-11,18H,3,12H2,1-2H3,(H,20,23)/t18-/m0/s1. The van der Waals surface area contributed by atoms with Gasteiger partial charge in [-0.25, -0.2) is 8.42 Å². The van der Waals surface area contributed by atoms with Gasteiger partial charge in [0.2, 0.25) is 10.0 Å². The van der Waals surface area contributed by atoms with E-state index < -0.39 is 22.0 Å². The number of para-hydroxylation sites is 2. The Hall–Kier alpha value is -2.87. The molecule has 1 aliphatic rings. The molecule has 0 unspecified atom stereocenters. The lowest BCUT2D eigenvalue weighted by Gasteiger charge is -2.34. The molecule has 3 rings (SSSR count). The Morgan fingerprint density at radius 3 is 2.63 bits per heavy atom. The third-order valence-electron chi connectivity index (χ3n) is 4.26. The fourth-order valence-electron chi connectivity index (χ4n) is 2.80. The second kappa shape index (κ2) is 7.40. The minimum atomic E-state index is -3.56. The van der Waals surface area contributed by atoms with E-state index in [2.05, 4.69) is 5.32 Å². The second-order valence-corrected chi connectivity index (χ2v) is 8.31. The summed E-state index contributed by atoms with van der Waals surface area (Å²) in [7, 11) is -3.56. The number of nitrogens with one attached hydrogen (secondary N) is 1. The molecule has 0 saturated carbocycles. The zero-order chi connectivity index (χ0) is 19.6. The van der Waals surface area contributed by atoms with Crippen LogP contribution in [-0.4, -0.2) is 38.5 Å². The fourth-order valence-corrected chi connectivity index (χ4v) is 3.92. The molecule has 27 heavy (non-hydrogen) atoms. The number of Topliss-reactive ketones (excluding diaryl/α,β-unsaturated/α-hetero) is 1. The van der Waals surface area contributed by atoms with Crippen molar-refractivity contribution in [2.75, 3.05) is 21.9 Å². The minimum absolute atomic E-state index is 0.0870. The SMILES string of the molecule is CCS(=O)(=O)N1C[C@@H](C(=O)Nc2cccc(C(C)=O)c2)Oc2ccccc21. The van der Waals surface area contributed by atoms with Crippen LogP contribution in [0.3, 0.4) is 0 Å². The van der Waals surface area contributed by atoms with Crippen molar-refractivity contribution in [1.29, 1.82) is 0 Å². The summed E-state index contributed by atoms with van der Waals surface area (Å²) in [4.78, 5) is 24.2. The number of ketones is 1. The molecule has 2 aromatic rings. The Bertz CT molecular complexity index is 987. The van der Waals surface area contributed by atoms with E-state index in [1.54, 1.807) is 55.5 Å². The van der Waals surface area contributed by atoms with Gasteiger partial charge in [0, 0.05) is 11.3 Å². The molecule has 1 aliphatic heterocycles. The Balaban J connectivity index is 1.86. The van der Waals surface area contributed by atoms with Crippen LogP contribution in [0.5, 0.6) is 5.75 Å². The van der Waals surface area contributed by atoms with E-state index in [-0.39, 0.29) is 18.1 Å². The molecule has 2 aromatic carbocycles. The molecule has 0 saturated heterocycles. The first-order valence-electron chi connectivity index (χ1n) is 8.50. The highest BCUT2D eigenvalue weighted by molar-refractivity contribution is 7.92. The normalized spacial score (nSPS) is 16.2. The summed E-state index contributed by atoms with van der Waals surface area (Å²) in [6.45, 7) is 2.87. The van der Waals surface area contributed by atoms with Crippen molar-refractivity contribution in [2.45, 2.75) is 20.0 Å². The zero-order valence-corrected chi connectivity index (χ0v) is 15.8. The van der Waals surface area contributed by atoms with Gasteiger partial charge in [-0.1, -0.05) is 24.3 Å². The van der Waals surface area contributed by atoms with E-state index in [1.807, 2.05) is 0 Å². The Kier molecular flexibility index (Phi) is 5.18. The Morgan fingerprint density at radius 1 is 1.19 bits per heavy atom. The molecule has 0 aromatic heterocycles. The number of nitrogens with zero attached hydrogens (tertiary/aromatic N) is 1. The number of benzene rings is 2. The third kappa shape index (κ3) is 3.95. The maximum Gasteiger partial charge on any atom is 0.267 e. The van der Waals surface area contributed by atoms with Crippen molar-refractivity contribution in [1.82, 2.24) is 0 Å². The van der Waals surface area contributed by atoms with Crippen LogP contribution in [-0.2, 0) is 14.8 Å². The smallest absolute Gasteiger partial charge is 0.267 e. The first-order chi connectivity index (χ1) is 12.8. The molecule has 0 radical (unpaired) electrons. The van der Waals surface area contributed by atoms with Crippen LogP contribution in [0, 0.1) is 0 Å². The topological polar surface area (TPSA) is 92.8 Å². The van der Waals surface area contributed by atoms with Gasteiger partial charge >= 0.3 is 0 Å². The Morgan fingerprint density at radius 2 is 1.93 bits per heavy atom. The van der Waals surface area contributed by atoms with E-state index in [9.17, 15) is 18.0 Å². The van der Waals surface area contributed by atoms with Gasteiger partial charge in [-0.05, 0) is 38.1 Å². The monoisotopic (exact) mass is 388 g/mol. The van der Waals surface area contributed by atoms with Crippen molar-refractivity contribution < 1.29 is 22.7 Å². The number of hydrogen-bond acceptors (Lipinski definition) is 5. The van der Waals surface area contributed by atoms with Crippen LogP contribution in [0.2, 0.25) is 0 Å². The molecule has 1 N–H and O–H groups in total. The number of hydrogen-bond donors (Lipinski definition) is 1. The first-order valence-corrected chi connectivity index (χ1v) is 10.1. The quantitative estimate of drug-likeness (QED) is 0.794. The predicted octanol–water partition coefficient (Wildman–Crippen LogP) is 2.45. The van der Waals surface area contributed by atoms with E-state index in [4.69, 9.17) is 4.74 Å². The van der Waals surface area contributed by atoms with E-state index in [0.717, 1.165) is 0 Å². The lowest BCUT2D eigenvalue weighted by atomic mass is 10.1. The molecule has 142 valence electrons. The molecule has 1 amide bonds. The number of sulfonamides is 1. The molecule has 0 spiro atoms. The van der Waals surface area contributed by atoms with Gasteiger partial charge in [-0.2, -0.15) is 0 Å². The van der Waals surface area contributed by atoms with Crippen LogP contribution in [0.1, 0.15) is 24.2 Å². The summed E-state index contributed by atoms with van der Waals surface area (Å²) >= 11 is 0. The predicted molar refractivity (Wildman–Crippen MR) is 103 cm³/mol. The summed E-state index contributed by atoms with van der Waals surface area (Å²) in [5.74, 6) is -0.356. The van der Waals surface area contributed by atoms with Gasteiger partial charge in [-0.15, -0.1) is 0 Å². The van der Waals surface area contributed by atoms with Gasteiger partial charge in [0.15, 0.2) is 11.9 Å². The average Bonchev–Trinajstić information content (AvgIpc) is 2.67. The fraction of sp³-hybridized carbons (Fsp3) is 0.263. The van der Waals surface area contributed by atoms with E-state index in [0.29, 0.717) is 22.7 Å². The number of fused-ring (bicyclic) bond motifs is 1. The number of carbonyl (C=O) groups excluding carboxylic acids is 2. The van der Waals surface area contributed by atoms with Gasteiger partial charge in [0.25, 0.3) is 5.91 Å². The number of ether oxygens (including phenoxy) is 1. The molecule has 8 heteroatoms. The molecule has 1 heterocycles. The summed E-state index contributed by atoms with van der Waals surface area (Å²) in [6, 6.07) is 13.2. The number of carbonyl (C=O) groups is 2. The maximum absolute atomic E-state index is 12.7. The maximum atomic E-state index is 12.7. The van der Waals surface area contributed by atoms with Gasteiger partial charge < -0.3 is 10.1 Å². The molecular formula is C19H20N2O5S. The Labute approximate surface area is 158 Å². The highest BCUT2D eigenvalue weighted by Crippen LogP contribution is 2.35. The van der Waals surface area contributed by atoms with Gasteiger partial charge in [-0.3, -0.25) is 13.9 Å². The van der Waals surface area contributed by atoms with Crippen LogP contribution >= 0.6 is 0 Å². The lowest BCUT2D eigenvalue weighted by Crippen LogP contribution is -2.49.